The van der Waals surface area contributed by atoms with Gasteiger partial charge in [0.05, 0.1) is 10.6 Å². The molecule has 1 unspecified atom stereocenters. The lowest BCUT2D eigenvalue weighted by atomic mass is 10.1. The first kappa shape index (κ1) is 24.0. The zero-order chi connectivity index (χ0) is 24.7. The summed E-state index contributed by atoms with van der Waals surface area (Å²) in [4.78, 5) is 32.0. The summed E-state index contributed by atoms with van der Waals surface area (Å²) in [6.07, 6.45) is 0. The van der Waals surface area contributed by atoms with E-state index in [2.05, 4.69) is 15.6 Å². The van der Waals surface area contributed by atoms with Crippen LogP contribution in [-0.2, 0) is 4.79 Å². The lowest BCUT2D eigenvalue weighted by Gasteiger charge is -2.17. The molecule has 2 amide bonds. The van der Waals surface area contributed by atoms with Gasteiger partial charge in [-0.1, -0.05) is 72.8 Å². The van der Waals surface area contributed by atoms with Gasteiger partial charge >= 0.3 is 0 Å². The first-order valence-electron chi connectivity index (χ1n) is 11.1. The average molecular weight is 528 g/mol. The topological polar surface area (TPSA) is 71.1 Å². The number of thioether (sulfide) groups is 1. The fourth-order valence-electron chi connectivity index (χ4n) is 3.53. The normalized spacial score (nSPS) is 11.6. The Morgan fingerprint density at radius 3 is 2.33 bits per heavy atom. The predicted octanol–water partition coefficient (Wildman–Crippen LogP) is 7.60. The Bertz CT molecular complexity index is 1450. The summed E-state index contributed by atoms with van der Waals surface area (Å²) in [6, 6.07) is 30.7. The molecule has 5 rings (SSSR count). The van der Waals surface area contributed by atoms with Gasteiger partial charge in [-0.15, -0.1) is 34.4 Å². The maximum absolute atomic E-state index is 13.4. The van der Waals surface area contributed by atoms with Crippen molar-refractivity contribution in [3.63, 3.8) is 0 Å². The van der Waals surface area contributed by atoms with Crippen molar-refractivity contribution in [2.45, 2.75) is 10.1 Å². The minimum absolute atomic E-state index is 0.150. The zero-order valence-corrected chi connectivity index (χ0v) is 21.4. The Balaban J connectivity index is 1.34. The van der Waals surface area contributed by atoms with E-state index in [0.29, 0.717) is 15.7 Å². The monoisotopic (exact) mass is 527 g/mol. The van der Waals surface area contributed by atoms with E-state index >= 15 is 0 Å². The second-order valence-electron chi connectivity index (χ2n) is 7.76. The SMILES string of the molecule is O=C(Nc1cccc(SC(C(=O)Nc2nc(-c3ccccc3)cs2)c2ccccc2)c1)c1cccs1. The van der Waals surface area contributed by atoms with Gasteiger partial charge in [-0.25, -0.2) is 4.98 Å². The molecule has 36 heavy (non-hydrogen) atoms. The van der Waals surface area contributed by atoms with Crippen molar-refractivity contribution in [3.05, 3.63) is 118 Å². The van der Waals surface area contributed by atoms with Gasteiger partial charge in [-0.05, 0) is 35.2 Å². The minimum Gasteiger partial charge on any atom is -0.321 e. The van der Waals surface area contributed by atoms with Gasteiger partial charge in [0.2, 0.25) is 5.91 Å². The molecule has 2 N–H and O–H groups in total. The van der Waals surface area contributed by atoms with Crippen molar-refractivity contribution in [1.29, 1.82) is 0 Å². The molecular formula is C28H21N3O2S3. The first-order chi connectivity index (χ1) is 17.7. The number of amides is 2. The van der Waals surface area contributed by atoms with Crippen LogP contribution >= 0.6 is 34.4 Å². The number of carbonyl (C=O) groups excluding carboxylic acids is 2. The van der Waals surface area contributed by atoms with Crippen molar-refractivity contribution >= 4 is 57.1 Å². The number of hydrogen-bond donors (Lipinski definition) is 2. The van der Waals surface area contributed by atoms with E-state index in [0.717, 1.165) is 21.7 Å². The molecule has 0 saturated heterocycles. The Kier molecular flexibility index (Phi) is 7.56. The molecule has 0 saturated carbocycles. The molecule has 0 radical (unpaired) electrons. The molecule has 8 heteroatoms. The Morgan fingerprint density at radius 2 is 1.58 bits per heavy atom. The summed E-state index contributed by atoms with van der Waals surface area (Å²) >= 11 is 4.22. The molecule has 0 bridgehead atoms. The Morgan fingerprint density at radius 1 is 0.806 bits per heavy atom. The van der Waals surface area contributed by atoms with Crippen LogP contribution in [0, 0.1) is 0 Å². The Labute approximate surface area is 221 Å². The average Bonchev–Trinajstić information content (AvgIpc) is 3.61. The number of benzene rings is 3. The van der Waals surface area contributed by atoms with Gasteiger partial charge in [0, 0.05) is 21.5 Å². The molecule has 0 aliphatic rings. The molecule has 2 aromatic heterocycles. The molecule has 0 aliphatic heterocycles. The van der Waals surface area contributed by atoms with Crippen LogP contribution < -0.4 is 10.6 Å². The first-order valence-corrected chi connectivity index (χ1v) is 13.8. The highest BCUT2D eigenvalue weighted by molar-refractivity contribution is 8.00. The van der Waals surface area contributed by atoms with Crippen molar-refractivity contribution in [1.82, 2.24) is 4.98 Å². The predicted molar refractivity (Wildman–Crippen MR) is 150 cm³/mol. The number of carbonyl (C=O) groups is 2. The number of anilines is 2. The molecule has 1 atom stereocenters. The summed E-state index contributed by atoms with van der Waals surface area (Å²) in [6.45, 7) is 0. The number of nitrogens with zero attached hydrogens (tertiary/aromatic N) is 1. The van der Waals surface area contributed by atoms with E-state index in [1.165, 1.54) is 34.4 Å². The van der Waals surface area contributed by atoms with Crippen LogP contribution in [0.2, 0.25) is 0 Å². The maximum atomic E-state index is 13.4. The molecule has 5 nitrogen and oxygen atoms in total. The number of nitrogens with one attached hydrogen (secondary N) is 2. The maximum Gasteiger partial charge on any atom is 0.265 e. The van der Waals surface area contributed by atoms with Gasteiger partial charge in [0.25, 0.3) is 5.91 Å². The van der Waals surface area contributed by atoms with Crippen LogP contribution in [0.5, 0.6) is 0 Å². The highest BCUT2D eigenvalue weighted by atomic mass is 32.2. The van der Waals surface area contributed by atoms with Gasteiger partial charge < -0.3 is 10.6 Å². The van der Waals surface area contributed by atoms with Crippen LogP contribution in [0.4, 0.5) is 10.8 Å². The fourth-order valence-corrected chi connectivity index (χ4v) is 5.95. The molecule has 5 aromatic rings. The van der Waals surface area contributed by atoms with Gasteiger partial charge in [-0.3, -0.25) is 9.59 Å². The number of hydrogen-bond acceptors (Lipinski definition) is 6. The molecule has 3 aromatic carbocycles. The van der Waals surface area contributed by atoms with Crippen molar-refractivity contribution in [2.24, 2.45) is 0 Å². The van der Waals surface area contributed by atoms with E-state index in [9.17, 15) is 9.59 Å². The quantitative estimate of drug-likeness (QED) is 0.204. The van der Waals surface area contributed by atoms with Crippen LogP contribution in [0.1, 0.15) is 20.5 Å². The third-order valence-corrected chi connectivity index (χ3v) is 8.11. The van der Waals surface area contributed by atoms with E-state index in [1.54, 1.807) is 6.07 Å². The highest BCUT2D eigenvalue weighted by Crippen LogP contribution is 2.37. The largest absolute Gasteiger partial charge is 0.321 e. The van der Waals surface area contributed by atoms with Crippen molar-refractivity contribution in [2.75, 3.05) is 10.6 Å². The van der Waals surface area contributed by atoms with Gasteiger partial charge in [0.1, 0.15) is 5.25 Å². The second-order valence-corrected chi connectivity index (χ2v) is 10.7. The number of thiophene rings is 1. The molecule has 2 heterocycles. The molecule has 178 valence electrons. The summed E-state index contributed by atoms with van der Waals surface area (Å²) in [7, 11) is 0. The molecule has 0 spiro atoms. The molecular weight excluding hydrogens is 507 g/mol. The Hall–Kier alpha value is -3.72. The zero-order valence-electron chi connectivity index (χ0n) is 19.0. The smallest absolute Gasteiger partial charge is 0.265 e. The van der Waals surface area contributed by atoms with Crippen LogP contribution in [0.3, 0.4) is 0 Å². The number of thiazole rings is 1. The second kappa shape index (κ2) is 11.3. The summed E-state index contributed by atoms with van der Waals surface area (Å²) < 4.78 is 0. The van der Waals surface area contributed by atoms with Crippen molar-refractivity contribution < 1.29 is 9.59 Å². The third-order valence-electron chi connectivity index (χ3n) is 5.24. The highest BCUT2D eigenvalue weighted by Gasteiger charge is 2.23. The number of rotatable bonds is 8. The fraction of sp³-hybridized carbons (Fsp3) is 0.0357. The van der Waals surface area contributed by atoms with Crippen LogP contribution in [-0.4, -0.2) is 16.8 Å². The van der Waals surface area contributed by atoms with E-state index < -0.39 is 5.25 Å². The van der Waals surface area contributed by atoms with Crippen LogP contribution in [0.25, 0.3) is 11.3 Å². The summed E-state index contributed by atoms with van der Waals surface area (Å²) in [5, 5.41) is 9.79. The third kappa shape index (κ3) is 5.91. The molecule has 0 aliphatic carbocycles. The lowest BCUT2D eigenvalue weighted by Crippen LogP contribution is -2.19. The standard InChI is InChI=1S/C28H21N3O2S3/c32-26(24-15-8-16-34-24)29-21-13-7-14-22(17-21)36-25(20-11-5-2-6-12-20)27(33)31-28-30-23(18-35-28)19-9-3-1-4-10-19/h1-18,25H,(H,29,32)(H,30,31,33). The van der Waals surface area contributed by atoms with Crippen LogP contribution in [0.15, 0.2) is 113 Å². The van der Waals surface area contributed by atoms with E-state index in [1.807, 2.05) is 102 Å². The van der Waals surface area contributed by atoms with E-state index in [-0.39, 0.29) is 11.8 Å². The van der Waals surface area contributed by atoms with Gasteiger partial charge in [0.15, 0.2) is 5.13 Å². The van der Waals surface area contributed by atoms with Gasteiger partial charge in [-0.2, -0.15) is 0 Å². The van der Waals surface area contributed by atoms with Crippen molar-refractivity contribution in [3.8, 4) is 11.3 Å². The molecule has 0 fully saturated rings. The summed E-state index contributed by atoms with van der Waals surface area (Å²) in [5.74, 6) is -0.310. The lowest BCUT2D eigenvalue weighted by molar-refractivity contribution is -0.115. The summed E-state index contributed by atoms with van der Waals surface area (Å²) in [5.41, 5.74) is 3.39. The minimum atomic E-state index is -0.501. The van der Waals surface area contributed by atoms with E-state index in [4.69, 9.17) is 0 Å². The number of aromatic nitrogens is 1.